The van der Waals surface area contributed by atoms with Gasteiger partial charge in [0.05, 0.1) is 19.2 Å². The van der Waals surface area contributed by atoms with Crippen LogP contribution in [0.1, 0.15) is 5.56 Å². The van der Waals surface area contributed by atoms with Crippen LogP contribution < -0.4 is 9.47 Å². The third kappa shape index (κ3) is 3.93. The SMILES string of the molecule is COc1cc(/C=C/C(=O)N2CCN(C)CC2)cc(Cl)c1OC. The molecule has 5 nitrogen and oxygen atoms in total. The molecule has 0 bridgehead atoms. The number of carbonyl (C=O) groups excluding carboxylic acids is 1. The maximum Gasteiger partial charge on any atom is 0.246 e. The van der Waals surface area contributed by atoms with E-state index in [2.05, 4.69) is 11.9 Å². The summed E-state index contributed by atoms with van der Waals surface area (Å²) < 4.78 is 10.4. The molecule has 1 aliphatic heterocycles. The smallest absolute Gasteiger partial charge is 0.246 e. The highest BCUT2D eigenvalue weighted by Gasteiger charge is 2.17. The fraction of sp³-hybridized carbons (Fsp3) is 0.438. The van der Waals surface area contributed by atoms with Gasteiger partial charge in [-0.2, -0.15) is 0 Å². The predicted octanol–water partition coefficient (Wildman–Crippen LogP) is 2.14. The van der Waals surface area contributed by atoms with Gasteiger partial charge < -0.3 is 19.3 Å². The van der Waals surface area contributed by atoms with E-state index in [0.717, 1.165) is 31.7 Å². The number of methoxy groups -OCH3 is 2. The molecule has 1 amide bonds. The third-order valence-electron chi connectivity index (χ3n) is 3.69. The second-order valence-electron chi connectivity index (χ2n) is 5.20. The predicted molar refractivity (Wildman–Crippen MR) is 87.7 cm³/mol. The lowest BCUT2D eigenvalue weighted by Gasteiger charge is -2.31. The molecule has 0 radical (unpaired) electrons. The highest BCUT2D eigenvalue weighted by molar-refractivity contribution is 6.32. The molecule has 0 saturated carbocycles. The molecule has 1 heterocycles. The Bertz CT molecular complexity index is 567. The number of benzene rings is 1. The molecule has 6 heteroatoms. The van der Waals surface area contributed by atoms with Crippen molar-refractivity contribution in [2.45, 2.75) is 0 Å². The quantitative estimate of drug-likeness (QED) is 0.796. The summed E-state index contributed by atoms with van der Waals surface area (Å²) in [5.74, 6) is 1.05. The van der Waals surface area contributed by atoms with Gasteiger partial charge in [-0.05, 0) is 30.8 Å². The van der Waals surface area contributed by atoms with Crippen LogP contribution in [0, 0.1) is 0 Å². The number of amides is 1. The molecule has 1 fully saturated rings. The van der Waals surface area contributed by atoms with Crippen LogP contribution in [0.25, 0.3) is 6.08 Å². The van der Waals surface area contributed by atoms with Crippen LogP contribution in [0.2, 0.25) is 5.02 Å². The van der Waals surface area contributed by atoms with E-state index in [4.69, 9.17) is 21.1 Å². The molecule has 2 rings (SSSR count). The average molecular weight is 325 g/mol. The van der Waals surface area contributed by atoms with Crippen LogP contribution in [-0.4, -0.2) is 63.2 Å². The number of carbonyl (C=O) groups is 1. The Morgan fingerprint density at radius 3 is 2.45 bits per heavy atom. The van der Waals surface area contributed by atoms with Crippen molar-refractivity contribution < 1.29 is 14.3 Å². The number of piperazine rings is 1. The Labute approximate surface area is 136 Å². The Kier molecular flexibility index (Phi) is 5.69. The highest BCUT2D eigenvalue weighted by Crippen LogP contribution is 2.36. The van der Waals surface area contributed by atoms with Crippen LogP contribution in [0.5, 0.6) is 11.5 Å². The van der Waals surface area contributed by atoms with Gasteiger partial charge in [0.15, 0.2) is 11.5 Å². The zero-order valence-corrected chi connectivity index (χ0v) is 13.9. The van der Waals surface area contributed by atoms with Crippen molar-refractivity contribution >= 4 is 23.6 Å². The second kappa shape index (κ2) is 7.51. The van der Waals surface area contributed by atoms with Crippen molar-refractivity contribution in [1.29, 1.82) is 0 Å². The largest absolute Gasteiger partial charge is 0.493 e. The van der Waals surface area contributed by atoms with E-state index in [9.17, 15) is 4.79 Å². The van der Waals surface area contributed by atoms with Crippen LogP contribution >= 0.6 is 11.6 Å². The van der Waals surface area contributed by atoms with Crippen LogP contribution in [0.15, 0.2) is 18.2 Å². The Balaban J connectivity index is 2.09. The molecule has 120 valence electrons. The first-order valence-corrected chi connectivity index (χ1v) is 7.50. The van der Waals surface area contributed by atoms with E-state index in [-0.39, 0.29) is 5.91 Å². The monoisotopic (exact) mass is 324 g/mol. The number of likely N-dealkylation sites (N-methyl/N-ethyl adjacent to an activating group) is 1. The molecule has 0 aliphatic carbocycles. The molecule has 1 saturated heterocycles. The number of hydrogen-bond donors (Lipinski definition) is 0. The summed E-state index contributed by atoms with van der Waals surface area (Å²) in [6, 6.07) is 3.54. The Morgan fingerprint density at radius 1 is 1.18 bits per heavy atom. The van der Waals surface area contributed by atoms with Gasteiger partial charge in [-0.25, -0.2) is 0 Å². The lowest BCUT2D eigenvalue weighted by Crippen LogP contribution is -2.46. The summed E-state index contributed by atoms with van der Waals surface area (Å²) in [6.07, 6.45) is 3.32. The number of ether oxygens (including phenoxy) is 2. The van der Waals surface area contributed by atoms with E-state index >= 15 is 0 Å². The van der Waals surface area contributed by atoms with E-state index in [1.54, 1.807) is 31.4 Å². The van der Waals surface area contributed by atoms with Gasteiger partial charge in [0.1, 0.15) is 0 Å². The minimum Gasteiger partial charge on any atom is -0.493 e. The van der Waals surface area contributed by atoms with Crippen molar-refractivity contribution in [2.75, 3.05) is 47.4 Å². The lowest BCUT2D eigenvalue weighted by atomic mass is 10.1. The van der Waals surface area contributed by atoms with E-state index in [1.165, 1.54) is 7.11 Å². The third-order valence-corrected chi connectivity index (χ3v) is 3.97. The normalized spacial score (nSPS) is 16.1. The summed E-state index contributed by atoms with van der Waals surface area (Å²) in [4.78, 5) is 16.2. The van der Waals surface area contributed by atoms with Gasteiger partial charge in [-0.3, -0.25) is 4.79 Å². The minimum atomic E-state index is 0.0130. The van der Waals surface area contributed by atoms with Crippen molar-refractivity contribution in [3.63, 3.8) is 0 Å². The fourth-order valence-electron chi connectivity index (χ4n) is 2.33. The van der Waals surface area contributed by atoms with E-state index < -0.39 is 0 Å². The lowest BCUT2D eigenvalue weighted by molar-refractivity contribution is -0.127. The summed E-state index contributed by atoms with van der Waals surface area (Å²) >= 11 is 6.15. The molecule has 0 unspecified atom stereocenters. The molecule has 0 spiro atoms. The van der Waals surface area contributed by atoms with Gasteiger partial charge in [-0.1, -0.05) is 11.6 Å². The number of nitrogens with zero attached hydrogens (tertiary/aromatic N) is 2. The highest BCUT2D eigenvalue weighted by atomic mass is 35.5. The summed E-state index contributed by atoms with van der Waals surface area (Å²) in [6.45, 7) is 3.32. The number of hydrogen-bond acceptors (Lipinski definition) is 4. The molecule has 1 aromatic carbocycles. The van der Waals surface area contributed by atoms with Crippen molar-refractivity contribution in [1.82, 2.24) is 9.80 Å². The first-order chi connectivity index (χ1) is 10.5. The molecule has 0 aromatic heterocycles. The topological polar surface area (TPSA) is 42.0 Å². The molecular weight excluding hydrogens is 304 g/mol. The van der Waals surface area contributed by atoms with Crippen molar-refractivity contribution in [2.24, 2.45) is 0 Å². The molecular formula is C16H21ClN2O3. The number of halogens is 1. The zero-order chi connectivity index (χ0) is 16.1. The van der Waals surface area contributed by atoms with E-state index in [1.807, 2.05) is 4.90 Å². The van der Waals surface area contributed by atoms with Crippen LogP contribution in [-0.2, 0) is 4.79 Å². The van der Waals surface area contributed by atoms with Crippen LogP contribution in [0.4, 0.5) is 0 Å². The van der Waals surface area contributed by atoms with Gasteiger partial charge in [-0.15, -0.1) is 0 Å². The standard InChI is InChI=1S/C16H21ClN2O3/c1-18-6-8-19(9-7-18)15(20)5-4-12-10-13(17)16(22-3)14(11-12)21-2/h4-5,10-11H,6-9H2,1-3H3/b5-4+. The molecule has 0 N–H and O–H groups in total. The Hall–Kier alpha value is -1.72. The Morgan fingerprint density at radius 2 is 1.86 bits per heavy atom. The van der Waals surface area contributed by atoms with Crippen molar-refractivity contribution in [3.8, 4) is 11.5 Å². The first-order valence-electron chi connectivity index (χ1n) is 7.12. The first kappa shape index (κ1) is 16.6. The van der Waals surface area contributed by atoms with E-state index in [0.29, 0.717) is 16.5 Å². The zero-order valence-electron chi connectivity index (χ0n) is 13.1. The fourth-order valence-corrected chi connectivity index (χ4v) is 2.63. The molecule has 1 aromatic rings. The van der Waals surface area contributed by atoms with Gasteiger partial charge in [0.25, 0.3) is 0 Å². The minimum absolute atomic E-state index is 0.0130. The van der Waals surface area contributed by atoms with Gasteiger partial charge in [0.2, 0.25) is 5.91 Å². The summed E-state index contributed by atoms with van der Waals surface area (Å²) in [5, 5.41) is 0.452. The molecule has 0 atom stereocenters. The summed E-state index contributed by atoms with van der Waals surface area (Å²) in [5.41, 5.74) is 0.796. The van der Waals surface area contributed by atoms with Crippen molar-refractivity contribution in [3.05, 3.63) is 28.8 Å². The van der Waals surface area contributed by atoms with Crippen LogP contribution in [0.3, 0.4) is 0 Å². The molecule has 22 heavy (non-hydrogen) atoms. The van der Waals surface area contributed by atoms with Gasteiger partial charge >= 0.3 is 0 Å². The average Bonchev–Trinajstić information content (AvgIpc) is 2.52. The maximum atomic E-state index is 12.2. The maximum absolute atomic E-state index is 12.2. The van der Waals surface area contributed by atoms with Gasteiger partial charge in [0, 0.05) is 32.3 Å². The summed E-state index contributed by atoms with van der Waals surface area (Å²) in [7, 11) is 5.15. The number of rotatable bonds is 4. The molecule has 1 aliphatic rings. The second-order valence-corrected chi connectivity index (χ2v) is 5.61.